The first-order valence-electron chi connectivity index (χ1n) is 7.17. The van der Waals surface area contributed by atoms with Crippen LogP contribution in [0.5, 0.6) is 0 Å². The Morgan fingerprint density at radius 1 is 0.909 bits per heavy atom. The lowest BCUT2D eigenvalue weighted by molar-refractivity contribution is 1.08. The van der Waals surface area contributed by atoms with E-state index in [-0.39, 0.29) is 0 Å². The largest absolute Gasteiger partial charge is 0.340 e. The molecular weight excluding hydrogens is 272 g/mol. The van der Waals surface area contributed by atoms with Gasteiger partial charge in [-0.25, -0.2) is 9.97 Å². The second-order valence-electron chi connectivity index (χ2n) is 5.10. The zero-order chi connectivity index (χ0) is 15.4. The molecule has 0 aliphatic carbocycles. The molecule has 1 aromatic heterocycles. The van der Waals surface area contributed by atoms with Crippen molar-refractivity contribution in [2.45, 2.75) is 6.92 Å². The number of aromatic nitrogens is 2. The first-order valence-corrected chi connectivity index (χ1v) is 7.17. The smallest absolute Gasteiger partial charge is 0.138 e. The van der Waals surface area contributed by atoms with Crippen LogP contribution in [0.25, 0.3) is 0 Å². The second-order valence-corrected chi connectivity index (χ2v) is 5.10. The van der Waals surface area contributed by atoms with Crippen LogP contribution in [0.4, 0.5) is 23.0 Å². The third kappa shape index (κ3) is 3.06. The lowest BCUT2D eigenvalue weighted by atomic mass is 10.2. The Bertz CT molecular complexity index is 756. The summed E-state index contributed by atoms with van der Waals surface area (Å²) < 4.78 is 0. The van der Waals surface area contributed by atoms with Crippen molar-refractivity contribution in [1.29, 1.82) is 0 Å². The van der Waals surface area contributed by atoms with E-state index in [1.165, 1.54) is 5.56 Å². The van der Waals surface area contributed by atoms with Crippen LogP contribution in [0, 0.1) is 6.92 Å². The van der Waals surface area contributed by atoms with Gasteiger partial charge in [0.15, 0.2) is 0 Å². The van der Waals surface area contributed by atoms with Gasteiger partial charge in [0.05, 0.1) is 0 Å². The summed E-state index contributed by atoms with van der Waals surface area (Å²) in [5, 5.41) is 3.34. The number of hydrogen-bond acceptors (Lipinski definition) is 4. The van der Waals surface area contributed by atoms with Crippen molar-refractivity contribution in [3.8, 4) is 0 Å². The summed E-state index contributed by atoms with van der Waals surface area (Å²) in [5.74, 6) is 1.62. The van der Waals surface area contributed by atoms with Crippen LogP contribution in [0.2, 0.25) is 0 Å². The molecule has 1 heterocycles. The maximum Gasteiger partial charge on any atom is 0.138 e. The molecule has 1 N–H and O–H groups in total. The normalized spacial score (nSPS) is 10.3. The van der Waals surface area contributed by atoms with E-state index in [1.807, 2.05) is 54.4 Å². The number of rotatable bonds is 4. The van der Waals surface area contributed by atoms with Crippen molar-refractivity contribution >= 4 is 23.0 Å². The minimum atomic E-state index is 0.780. The standard InChI is InChI=1S/C18H18N4/c1-14-8-6-7-11-16(14)21-17-12-18(20-13-19-17)22(2)15-9-4-3-5-10-15/h3-13H,1-2H3,(H,19,20,21). The van der Waals surface area contributed by atoms with E-state index in [0.717, 1.165) is 23.0 Å². The number of nitrogens with zero attached hydrogens (tertiary/aromatic N) is 3. The Balaban J connectivity index is 1.85. The molecule has 4 nitrogen and oxygen atoms in total. The predicted molar refractivity (Wildman–Crippen MR) is 91.0 cm³/mol. The van der Waals surface area contributed by atoms with Gasteiger partial charge in [-0.15, -0.1) is 0 Å². The third-order valence-electron chi connectivity index (χ3n) is 3.55. The highest BCUT2D eigenvalue weighted by Gasteiger charge is 2.07. The van der Waals surface area contributed by atoms with Gasteiger partial charge in [-0.3, -0.25) is 0 Å². The Kier molecular flexibility index (Phi) is 4.01. The quantitative estimate of drug-likeness (QED) is 0.778. The molecule has 0 bridgehead atoms. The van der Waals surface area contributed by atoms with E-state index in [2.05, 4.69) is 40.4 Å². The van der Waals surface area contributed by atoms with E-state index in [9.17, 15) is 0 Å². The molecule has 0 spiro atoms. The summed E-state index contributed by atoms with van der Waals surface area (Å²) in [4.78, 5) is 10.7. The monoisotopic (exact) mass is 290 g/mol. The van der Waals surface area contributed by atoms with Crippen LogP contribution in [0.3, 0.4) is 0 Å². The van der Waals surface area contributed by atoms with Crippen molar-refractivity contribution in [3.05, 3.63) is 72.6 Å². The lowest BCUT2D eigenvalue weighted by Crippen LogP contribution is -2.11. The van der Waals surface area contributed by atoms with Crippen molar-refractivity contribution < 1.29 is 0 Å². The van der Waals surface area contributed by atoms with Crippen LogP contribution < -0.4 is 10.2 Å². The van der Waals surface area contributed by atoms with Crippen LogP contribution >= 0.6 is 0 Å². The number of para-hydroxylation sites is 2. The van der Waals surface area contributed by atoms with E-state index in [0.29, 0.717) is 0 Å². The van der Waals surface area contributed by atoms with E-state index >= 15 is 0 Å². The van der Waals surface area contributed by atoms with Gasteiger partial charge in [0, 0.05) is 24.5 Å². The van der Waals surface area contributed by atoms with E-state index < -0.39 is 0 Å². The number of hydrogen-bond donors (Lipinski definition) is 1. The predicted octanol–water partition coefficient (Wildman–Crippen LogP) is 4.30. The minimum absolute atomic E-state index is 0.780. The van der Waals surface area contributed by atoms with Crippen LogP contribution in [-0.2, 0) is 0 Å². The van der Waals surface area contributed by atoms with Crippen LogP contribution in [-0.4, -0.2) is 17.0 Å². The highest BCUT2D eigenvalue weighted by atomic mass is 15.2. The maximum atomic E-state index is 4.35. The number of nitrogens with one attached hydrogen (secondary N) is 1. The molecule has 3 aromatic rings. The van der Waals surface area contributed by atoms with Crippen LogP contribution in [0.15, 0.2) is 67.0 Å². The number of benzene rings is 2. The summed E-state index contributed by atoms with van der Waals surface area (Å²) in [7, 11) is 2.00. The molecule has 22 heavy (non-hydrogen) atoms. The fraction of sp³-hybridized carbons (Fsp3) is 0.111. The average Bonchev–Trinajstić information content (AvgIpc) is 2.57. The molecule has 0 unspecified atom stereocenters. The summed E-state index contributed by atoms with van der Waals surface area (Å²) in [6.45, 7) is 2.07. The number of aryl methyl sites for hydroxylation is 1. The van der Waals surface area contributed by atoms with Crippen molar-refractivity contribution in [3.63, 3.8) is 0 Å². The second kappa shape index (κ2) is 6.26. The minimum Gasteiger partial charge on any atom is -0.340 e. The van der Waals surface area contributed by atoms with Gasteiger partial charge < -0.3 is 10.2 Å². The maximum absolute atomic E-state index is 4.35. The van der Waals surface area contributed by atoms with Gasteiger partial charge in [0.2, 0.25) is 0 Å². The average molecular weight is 290 g/mol. The molecule has 0 amide bonds. The van der Waals surface area contributed by atoms with Crippen molar-refractivity contribution in [2.75, 3.05) is 17.3 Å². The van der Waals surface area contributed by atoms with Crippen molar-refractivity contribution in [2.24, 2.45) is 0 Å². The molecule has 2 aromatic carbocycles. The van der Waals surface area contributed by atoms with Gasteiger partial charge in [-0.2, -0.15) is 0 Å². The molecule has 0 saturated carbocycles. The molecule has 4 heteroatoms. The fourth-order valence-electron chi connectivity index (χ4n) is 2.23. The third-order valence-corrected chi connectivity index (χ3v) is 3.55. The van der Waals surface area contributed by atoms with Gasteiger partial charge in [-0.1, -0.05) is 36.4 Å². The lowest BCUT2D eigenvalue weighted by Gasteiger charge is -2.18. The summed E-state index contributed by atoms with van der Waals surface area (Å²) in [6, 6.07) is 20.2. The molecule has 0 radical (unpaired) electrons. The highest BCUT2D eigenvalue weighted by Crippen LogP contribution is 2.24. The molecule has 0 fully saturated rings. The summed E-state index contributed by atoms with van der Waals surface area (Å²) >= 11 is 0. The zero-order valence-electron chi connectivity index (χ0n) is 12.7. The highest BCUT2D eigenvalue weighted by molar-refractivity contribution is 5.65. The topological polar surface area (TPSA) is 41.0 Å². The Hall–Kier alpha value is -2.88. The van der Waals surface area contributed by atoms with E-state index in [1.54, 1.807) is 6.33 Å². The molecule has 0 aliphatic heterocycles. The molecule has 0 saturated heterocycles. The Morgan fingerprint density at radius 3 is 2.41 bits per heavy atom. The molecular formula is C18H18N4. The summed E-state index contributed by atoms with van der Waals surface area (Å²) in [5.41, 5.74) is 3.32. The SMILES string of the molecule is Cc1ccccc1Nc1cc(N(C)c2ccccc2)ncn1. The number of anilines is 4. The Labute approximate surface area is 130 Å². The zero-order valence-corrected chi connectivity index (χ0v) is 12.7. The van der Waals surface area contributed by atoms with Crippen LogP contribution in [0.1, 0.15) is 5.56 Å². The van der Waals surface area contributed by atoms with Crippen molar-refractivity contribution in [1.82, 2.24) is 9.97 Å². The molecule has 3 rings (SSSR count). The summed E-state index contributed by atoms with van der Waals surface area (Å²) in [6.07, 6.45) is 1.58. The molecule has 110 valence electrons. The first kappa shape index (κ1) is 14.1. The van der Waals surface area contributed by atoms with Gasteiger partial charge in [0.1, 0.15) is 18.0 Å². The van der Waals surface area contributed by atoms with Gasteiger partial charge in [-0.05, 0) is 30.7 Å². The first-order chi connectivity index (χ1) is 10.7. The van der Waals surface area contributed by atoms with Gasteiger partial charge >= 0.3 is 0 Å². The fourth-order valence-corrected chi connectivity index (χ4v) is 2.23. The molecule has 0 atom stereocenters. The van der Waals surface area contributed by atoms with Gasteiger partial charge in [0.25, 0.3) is 0 Å². The molecule has 0 aliphatic rings. The van der Waals surface area contributed by atoms with E-state index in [4.69, 9.17) is 0 Å². The Morgan fingerprint density at radius 2 is 1.64 bits per heavy atom.